The van der Waals surface area contributed by atoms with Gasteiger partial charge in [-0.1, -0.05) is 66.7 Å². The molecular weight excluding hydrogens is 292 g/mol. The van der Waals surface area contributed by atoms with Crippen LogP contribution in [0.15, 0.2) is 84.0 Å². The van der Waals surface area contributed by atoms with Gasteiger partial charge in [-0.3, -0.25) is 9.98 Å². The summed E-state index contributed by atoms with van der Waals surface area (Å²) >= 11 is 0. The number of para-hydroxylation sites is 1. The van der Waals surface area contributed by atoms with Crippen molar-refractivity contribution in [1.29, 1.82) is 0 Å². The summed E-state index contributed by atoms with van der Waals surface area (Å²) in [4.78, 5) is 9.29. The highest BCUT2D eigenvalue weighted by Crippen LogP contribution is 2.26. The summed E-state index contributed by atoms with van der Waals surface area (Å²) in [6.07, 6.45) is 3.77. The lowest BCUT2D eigenvalue weighted by Gasteiger charge is -2.10. The fraction of sp³-hybridized carbons (Fsp3) is 0.0909. The molecule has 1 atom stereocenters. The molecule has 24 heavy (non-hydrogen) atoms. The average Bonchev–Trinajstić information content (AvgIpc) is 2.65. The van der Waals surface area contributed by atoms with Crippen LogP contribution in [-0.4, -0.2) is 11.2 Å². The Balaban J connectivity index is 1.72. The first-order chi connectivity index (χ1) is 11.8. The van der Waals surface area contributed by atoms with Gasteiger partial charge in [-0.15, -0.1) is 0 Å². The lowest BCUT2D eigenvalue weighted by Crippen LogP contribution is -1.94. The van der Waals surface area contributed by atoms with Gasteiger partial charge in [-0.25, -0.2) is 0 Å². The molecular formula is C22H18N2. The summed E-state index contributed by atoms with van der Waals surface area (Å²) in [7, 11) is 0. The summed E-state index contributed by atoms with van der Waals surface area (Å²) in [6.45, 7) is 2.14. The van der Waals surface area contributed by atoms with Crippen LogP contribution in [0.5, 0.6) is 0 Å². The van der Waals surface area contributed by atoms with Gasteiger partial charge < -0.3 is 0 Å². The molecule has 116 valence electrons. The largest absolute Gasteiger partial charge is 0.285 e. The van der Waals surface area contributed by atoms with Crippen molar-refractivity contribution in [3.8, 4) is 0 Å². The van der Waals surface area contributed by atoms with Gasteiger partial charge in [-0.05, 0) is 29.3 Å². The van der Waals surface area contributed by atoms with Crippen LogP contribution in [0.3, 0.4) is 0 Å². The molecule has 4 rings (SSSR count). The molecule has 1 heterocycles. The van der Waals surface area contributed by atoms with Crippen molar-refractivity contribution in [3.05, 3.63) is 90.1 Å². The number of nitrogens with zero attached hydrogens (tertiary/aromatic N) is 2. The minimum absolute atomic E-state index is 0.0927. The van der Waals surface area contributed by atoms with E-state index in [0.29, 0.717) is 0 Å². The lowest BCUT2D eigenvalue weighted by molar-refractivity contribution is 0.834. The second kappa shape index (κ2) is 6.25. The Bertz CT molecular complexity index is 1020. The van der Waals surface area contributed by atoms with Crippen molar-refractivity contribution in [2.45, 2.75) is 13.0 Å². The molecule has 0 fully saturated rings. The lowest BCUT2D eigenvalue weighted by atomic mass is 10.00. The van der Waals surface area contributed by atoms with Gasteiger partial charge in [0, 0.05) is 23.4 Å². The fourth-order valence-corrected chi connectivity index (χ4v) is 3.12. The van der Waals surface area contributed by atoms with E-state index in [-0.39, 0.29) is 6.04 Å². The normalized spacial score (nSPS) is 12.9. The minimum atomic E-state index is 0.0927. The summed E-state index contributed by atoms with van der Waals surface area (Å²) in [5, 5.41) is 3.66. The third-order valence-corrected chi connectivity index (χ3v) is 4.37. The quantitative estimate of drug-likeness (QED) is 0.454. The van der Waals surface area contributed by atoms with Crippen molar-refractivity contribution in [3.63, 3.8) is 0 Å². The van der Waals surface area contributed by atoms with Crippen LogP contribution in [0.25, 0.3) is 21.7 Å². The SMILES string of the molecule is C[C@@H](N=Cc1cccc2cccnc12)c1cccc2ccccc12. The molecule has 0 saturated carbocycles. The Morgan fingerprint density at radius 1 is 0.833 bits per heavy atom. The smallest absolute Gasteiger partial charge is 0.0789 e. The number of aromatic nitrogens is 1. The number of benzene rings is 3. The fourth-order valence-electron chi connectivity index (χ4n) is 3.12. The predicted molar refractivity (Wildman–Crippen MR) is 102 cm³/mol. The number of fused-ring (bicyclic) bond motifs is 2. The third kappa shape index (κ3) is 2.67. The van der Waals surface area contributed by atoms with Gasteiger partial charge in [0.05, 0.1) is 11.6 Å². The van der Waals surface area contributed by atoms with Crippen LogP contribution >= 0.6 is 0 Å². The first-order valence-electron chi connectivity index (χ1n) is 8.17. The molecule has 0 bridgehead atoms. The third-order valence-electron chi connectivity index (χ3n) is 4.37. The van der Waals surface area contributed by atoms with E-state index < -0.39 is 0 Å². The molecule has 2 nitrogen and oxygen atoms in total. The molecule has 0 saturated heterocycles. The van der Waals surface area contributed by atoms with E-state index in [2.05, 4.69) is 72.6 Å². The van der Waals surface area contributed by atoms with E-state index >= 15 is 0 Å². The van der Waals surface area contributed by atoms with Gasteiger partial charge in [0.25, 0.3) is 0 Å². The maximum atomic E-state index is 4.80. The Morgan fingerprint density at radius 2 is 1.58 bits per heavy atom. The highest BCUT2D eigenvalue weighted by molar-refractivity contribution is 5.97. The van der Waals surface area contributed by atoms with Crippen molar-refractivity contribution < 1.29 is 0 Å². The summed E-state index contributed by atoms with van der Waals surface area (Å²) in [5.41, 5.74) is 3.30. The van der Waals surface area contributed by atoms with Gasteiger partial charge in [0.2, 0.25) is 0 Å². The zero-order valence-corrected chi connectivity index (χ0v) is 13.6. The van der Waals surface area contributed by atoms with Crippen LogP contribution < -0.4 is 0 Å². The number of aliphatic imine (C=N–C) groups is 1. The van der Waals surface area contributed by atoms with Crippen LogP contribution in [0.4, 0.5) is 0 Å². The predicted octanol–water partition coefficient (Wildman–Crippen LogP) is 5.57. The molecule has 0 spiro atoms. The topological polar surface area (TPSA) is 25.2 Å². The molecule has 0 aliphatic rings. The molecule has 0 unspecified atom stereocenters. The van der Waals surface area contributed by atoms with Gasteiger partial charge in [-0.2, -0.15) is 0 Å². The maximum Gasteiger partial charge on any atom is 0.0789 e. The highest BCUT2D eigenvalue weighted by atomic mass is 14.8. The first-order valence-corrected chi connectivity index (χ1v) is 8.17. The molecule has 4 aromatic rings. The standard InChI is InChI=1S/C22H18N2/c1-16(20-13-5-8-17-7-2-3-12-21(17)20)24-15-19-10-4-9-18-11-6-14-23-22(18)19/h2-16H,1H3/t16-/m1/s1. The van der Waals surface area contributed by atoms with Crippen molar-refractivity contribution in [2.75, 3.05) is 0 Å². The number of hydrogen-bond acceptors (Lipinski definition) is 2. The number of hydrogen-bond donors (Lipinski definition) is 0. The Hall–Kier alpha value is -3.00. The maximum absolute atomic E-state index is 4.80. The highest BCUT2D eigenvalue weighted by Gasteiger charge is 2.07. The zero-order chi connectivity index (χ0) is 16.4. The molecule has 3 aromatic carbocycles. The van der Waals surface area contributed by atoms with E-state index in [4.69, 9.17) is 4.99 Å². The second-order valence-corrected chi connectivity index (χ2v) is 5.94. The molecule has 0 radical (unpaired) electrons. The van der Waals surface area contributed by atoms with Gasteiger partial charge in [0.1, 0.15) is 0 Å². The number of pyridine rings is 1. The molecule has 0 aliphatic heterocycles. The number of rotatable bonds is 3. The summed E-state index contributed by atoms with van der Waals surface area (Å²) < 4.78 is 0. The van der Waals surface area contributed by atoms with E-state index in [1.54, 1.807) is 0 Å². The molecule has 0 amide bonds. The monoisotopic (exact) mass is 310 g/mol. The Kier molecular flexibility index (Phi) is 3.80. The Morgan fingerprint density at radius 3 is 2.54 bits per heavy atom. The minimum Gasteiger partial charge on any atom is -0.285 e. The van der Waals surface area contributed by atoms with Gasteiger partial charge in [0.15, 0.2) is 0 Å². The van der Waals surface area contributed by atoms with Crippen LogP contribution in [-0.2, 0) is 0 Å². The van der Waals surface area contributed by atoms with Gasteiger partial charge >= 0.3 is 0 Å². The molecule has 0 aliphatic carbocycles. The van der Waals surface area contributed by atoms with E-state index in [1.807, 2.05) is 24.5 Å². The summed E-state index contributed by atoms with van der Waals surface area (Å²) in [5.74, 6) is 0. The van der Waals surface area contributed by atoms with Crippen LogP contribution in [0, 0.1) is 0 Å². The zero-order valence-electron chi connectivity index (χ0n) is 13.6. The van der Waals surface area contributed by atoms with Crippen molar-refractivity contribution in [2.24, 2.45) is 4.99 Å². The van der Waals surface area contributed by atoms with Crippen molar-refractivity contribution >= 4 is 27.9 Å². The molecule has 0 N–H and O–H groups in total. The second-order valence-electron chi connectivity index (χ2n) is 5.94. The Labute approximate surface area is 141 Å². The van der Waals surface area contributed by atoms with Crippen molar-refractivity contribution in [1.82, 2.24) is 4.98 Å². The van der Waals surface area contributed by atoms with E-state index in [9.17, 15) is 0 Å². The van der Waals surface area contributed by atoms with Crippen LogP contribution in [0.1, 0.15) is 24.1 Å². The summed E-state index contributed by atoms with van der Waals surface area (Å²) in [6, 6.07) is 25.2. The van der Waals surface area contributed by atoms with E-state index in [0.717, 1.165) is 16.5 Å². The molecule has 2 heteroatoms. The molecule has 1 aromatic heterocycles. The average molecular weight is 310 g/mol. The van der Waals surface area contributed by atoms with E-state index in [1.165, 1.54) is 16.3 Å². The van der Waals surface area contributed by atoms with Crippen LogP contribution in [0.2, 0.25) is 0 Å². The first kappa shape index (κ1) is 14.6.